The Morgan fingerprint density at radius 1 is 1.55 bits per heavy atom. The van der Waals surface area contributed by atoms with Crippen molar-refractivity contribution in [3.63, 3.8) is 0 Å². The average Bonchev–Trinajstić information content (AvgIpc) is 2.92. The minimum absolute atomic E-state index is 0.0505. The lowest BCUT2D eigenvalue weighted by Crippen LogP contribution is -2.53. The number of nitro groups is 1. The van der Waals surface area contributed by atoms with Gasteiger partial charge in [0.1, 0.15) is 0 Å². The summed E-state index contributed by atoms with van der Waals surface area (Å²) in [6.07, 6.45) is 3.41. The third-order valence-electron chi connectivity index (χ3n) is 3.91. The third kappa shape index (κ3) is 3.16. The molecule has 7 heteroatoms. The van der Waals surface area contributed by atoms with Gasteiger partial charge in [0.2, 0.25) is 0 Å². The van der Waals surface area contributed by atoms with Crippen LogP contribution in [0.15, 0.2) is 12.1 Å². The van der Waals surface area contributed by atoms with Crippen LogP contribution in [0.25, 0.3) is 0 Å². The molecule has 0 atom stereocenters. The first-order chi connectivity index (χ1) is 9.46. The zero-order valence-electron chi connectivity index (χ0n) is 11.3. The van der Waals surface area contributed by atoms with Gasteiger partial charge in [0, 0.05) is 6.07 Å². The largest absolute Gasteiger partial charge is 0.394 e. The predicted octanol–water partition coefficient (Wildman–Crippen LogP) is 2.33. The number of amides is 1. The number of hydrogen-bond acceptors (Lipinski definition) is 5. The molecule has 0 radical (unpaired) electrons. The molecule has 1 fully saturated rings. The highest BCUT2D eigenvalue weighted by Crippen LogP contribution is 2.32. The minimum atomic E-state index is -0.581. The van der Waals surface area contributed by atoms with Crippen LogP contribution in [0.1, 0.15) is 42.3 Å². The second kappa shape index (κ2) is 5.88. The highest BCUT2D eigenvalue weighted by atomic mass is 32.1. The van der Waals surface area contributed by atoms with Crippen molar-refractivity contribution in [2.45, 2.75) is 38.1 Å². The zero-order valence-corrected chi connectivity index (χ0v) is 12.1. The van der Waals surface area contributed by atoms with Crippen molar-refractivity contribution >= 4 is 22.2 Å². The number of carbonyl (C=O) groups is 1. The summed E-state index contributed by atoms with van der Waals surface area (Å²) in [7, 11) is 0. The lowest BCUT2D eigenvalue weighted by Gasteiger charge is -2.38. The molecule has 1 aromatic heterocycles. The van der Waals surface area contributed by atoms with Crippen LogP contribution in [0.3, 0.4) is 0 Å². The number of aliphatic hydroxyl groups is 1. The molecule has 2 N–H and O–H groups in total. The van der Waals surface area contributed by atoms with E-state index in [1.54, 1.807) is 0 Å². The quantitative estimate of drug-likeness (QED) is 0.659. The summed E-state index contributed by atoms with van der Waals surface area (Å²) in [6.45, 7) is 2.06. The van der Waals surface area contributed by atoms with E-state index in [1.807, 2.05) is 0 Å². The Hall–Kier alpha value is -1.47. The molecule has 0 bridgehead atoms. The van der Waals surface area contributed by atoms with Crippen molar-refractivity contribution < 1.29 is 14.8 Å². The number of thiophene rings is 1. The Balaban J connectivity index is 2.07. The summed E-state index contributed by atoms with van der Waals surface area (Å²) in [4.78, 5) is 22.6. The topological polar surface area (TPSA) is 92.5 Å². The highest BCUT2D eigenvalue weighted by molar-refractivity contribution is 7.17. The maximum atomic E-state index is 12.2. The molecule has 0 unspecified atom stereocenters. The molecule has 1 saturated carbocycles. The molecule has 1 aliphatic carbocycles. The number of carbonyl (C=O) groups excluding carboxylic acids is 1. The molecule has 6 nitrogen and oxygen atoms in total. The number of rotatable bonds is 4. The summed E-state index contributed by atoms with van der Waals surface area (Å²) in [5, 5.41) is 23.0. The monoisotopic (exact) mass is 298 g/mol. The van der Waals surface area contributed by atoms with E-state index in [4.69, 9.17) is 0 Å². The Labute approximate surface area is 121 Å². The van der Waals surface area contributed by atoms with Crippen molar-refractivity contribution in [2.75, 3.05) is 6.61 Å². The second-order valence-electron chi connectivity index (χ2n) is 5.47. The van der Waals surface area contributed by atoms with Gasteiger partial charge < -0.3 is 10.4 Å². The molecule has 0 aliphatic heterocycles. The van der Waals surface area contributed by atoms with Gasteiger partial charge in [-0.15, -0.1) is 0 Å². The van der Waals surface area contributed by atoms with Gasteiger partial charge in [-0.1, -0.05) is 18.3 Å². The molecular weight excluding hydrogens is 280 g/mol. The van der Waals surface area contributed by atoms with Crippen LogP contribution < -0.4 is 5.32 Å². The SMILES string of the molecule is CC1CCC(CO)(NC(=O)c2ccc([N+](=O)[O-])s2)CC1. The Bertz CT molecular complexity index is 506. The lowest BCUT2D eigenvalue weighted by atomic mass is 9.77. The smallest absolute Gasteiger partial charge is 0.324 e. The standard InChI is InChI=1S/C13H18N2O4S/c1-9-4-6-13(8-16,7-5-9)14-12(17)10-2-3-11(20-10)15(18)19/h2-3,9,16H,4-8H2,1H3,(H,14,17). The summed E-state index contributed by atoms with van der Waals surface area (Å²) >= 11 is 0.855. The second-order valence-corrected chi connectivity index (χ2v) is 6.53. The third-order valence-corrected chi connectivity index (χ3v) is 4.94. The van der Waals surface area contributed by atoms with Crippen molar-refractivity contribution in [3.05, 3.63) is 27.1 Å². The van der Waals surface area contributed by atoms with Gasteiger partial charge in [-0.05, 0) is 37.7 Å². The molecule has 20 heavy (non-hydrogen) atoms. The van der Waals surface area contributed by atoms with Crippen molar-refractivity contribution in [2.24, 2.45) is 5.92 Å². The summed E-state index contributed by atoms with van der Waals surface area (Å²) in [5.41, 5.74) is -0.581. The molecule has 1 aromatic rings. The molecular formula is C13H18N2O4S. The number of hydrogen-bond donors (Lipinski definition) is 2. The minimum Gasteiger partial charge on any atom is -0.394 e. The van der Waals surface area contributed by atoms with Crippen LogP contribution in [0.4, 0.5) is 5.00 Å². The van der Waals surface area contributed by atoms with E-state index in [2.05, 4.69) is 12.2 Å². The first-order valence-corrected chi connectivity index (χ1v) is 7.45. The summed E-state index contributed by atoms with van der Waals surface area (Å²) in [5.74, 6) is 0.265. The van der Waals surface area contributed by atoms with Gasteiger partial charge in [0.05, 0.1) is 21.9 Å². The van der Waals surface area contributed by atoms with Gasteiger partial charge in [-0.25, -0.2) is 0 Å². The van der Waals surface area contributed by atoms with Crippen LogP contribution in [0, 0.1) is 16.0 Å². The Morgan fingerprint density at radius 2 is 2.20 bits per heavy atom. The van der Waals surface area contributed by atoms with E-state index in [0.29, 0.717) is 10.8 Å². The molecule has 110 valence electrons. The van der Waals surface area contributed by atoms with E-state index >= 15 is 0 Å². The molecule has 1 amide bonds. The van der Waals surface area contributed by atoms with E-state index in [0.717, 1.165) is 37.0 Å². The fourth-order valence-corrected chi connectivity index (χ4v) is 3.20. The number of nitrogens with zero attached hydrogens (tertiary/aromatic N) is 1. The van der Waals surface area contributed by atoms with E-state index in [9.17, 15) is 20.0 Å². The summed E-state index contributed by atoms with van der Waals surface area (Å²) in [6, 6.07) is 2.78. The average molecular weight is 298 g/mol. The molecule has 1 heterocycles. The van der Waals surface area contributed by atoms with Crippen LogP contribution in [0.2, 0.25) is 0 Å². The zero-order chi connectivity index (χ0) is 14.8. The fourth-order valence-electron chi connectivity index (χ4n) is 2.49. The van der Waals surface area contributed by atoms with E-state index in [-0.39, 0.29) is 17.5 Å². The maximum Gasteiger partial charge on any atom is 0.324 e. The number of nitrogens with one attached hydrogen (secondary N) is 1. The molecule has 0 aromatic carbocycles. The molecule has 2 rings (SSSR count). The first kappa shape index (κ1) is 14.9. The highest BCUT2D eigenvalue weighted by Gasteiger charge is 2.35. The van der Waals surface area contributed by atoms with Crippen LogP contribution in [-0.4, -0.2) is 28.1 Å². The van der Waals surface area contributed by atoms with Crippen molar-refractivity contribution in [1.29, 1.82) is 0 Å². The predicted molar refractivity (Wildman–Crippen MR) is 75.9 cm³/mol. The maximum absolute atomic E-state index is 12.2. The van der Waals surface area contributed by atoms with Crippen LogP contribution in [-0.2, 0) is 0 Å². The van der Waals surface area contributed by atoms with E-state index in [1.165, 1.54) is 12.1 Å². The molecule has 0 saturated heterocycles. The van der Waals surface area contributed by atoms with Gasteiger partial charge >= 0.3 is 5.00 Å². The Kier molecular flexibility index (Phi) is 4.39. The summed E-state index contributed by atoms with van der Waals surface area (Å²) < 4.78 is 0. The van der Waals surface area contributed by atoms with Crippen molar-refractivity contribution in [3.8, 4) is 0 Å². The van der Waals surface area contributed by atoms with Gasteiger partial charge in [-0.3, -0.25) is 14.9 Å². The normalized spacial score (nSPS) is 26.2. The lowest BCUT2D eigenvalue weighted by molar-refractivity contribution is -0.380. The van der Waals surface area contributed by atoms with Crippen LogP contribution in [0.5, 0.6) is 0 Å². The first-order valence-electron chi connectivity index (χ1n) is 6.63. The Morgan fingerprint density at radius 3 is 2.70 bits per heavy atom. The number of aliphatic hydroxyl groups excluding tert-OH is 1. The molecule has 1 aliphatic rings. The molecule has 0 spiro atoms. The van der Waals surface area contributed by atoms with Crippen LogP contribution >= 0.6 is 11.3 Å². The van der Waals surface area contributed by atoms with Gasteiger partial charge in [0.25, 0.3) is 5.91 Å². The van der Waals surface area contributed by atoms with E-state index < -0.39 is 10.5 Å². The van der Waals surface area contributed by atoms with Gasteiger partial charge in [0.15, 0.2) is 0 Å². The van der Waals surface area contributed by atoms with Crippen molar-refractivity contribution in [1.82, 2.24) is 5.32 Å². The van der Waals surface area contributed by atoms with Gasteiger partial charge in [-0.2, -0.15) is 0 Å². The fraction of sp³-hybridized carbons (Fsp3) is 0.615.